The minimum Gasteiger partial charge on any atom is -0.311 e. The maximum Gasteiger partial charge on any atom is 0.0462 e. The predicted octanol–water partition coefficient (Wildman–Crippen LogP) is 14.8. The molecule has 0 bridgehead atoms. The van der Waals surface area contributed by atoms with Crippen LogP contribution in [0.15, 0.2) is 164 Å². The highest BCUT2D eigenvalue weighted by Crippen LogP contribution is 2.62. The maximum absolute atomic E-state index is 2.49. The van der Waals surface area contributed by atoms with Gasteiger partial charge in [-0.2, -0.15) is 0 Å². The van der Waals surface area contributed by atoms with E-state index in [1.807, 2.05) is 0 Å². The Kier molecular flexibility index (Phi) is 7.61. The predicted molar refractivity (Wildman–Crippen MR) is 239 cm³/mol. The number of hydrogen-bond acceptors (Lipinski definition) is 1. The van der Waals surface area contributed by atoms with Gasteiger partial charge in [0.15, 0.2) is 0 Å². The summed E-state index contributed by atoms with van der Waals surface area (Å²) in [4.78, 5) is 2.30. The van der Waals surface area contributed by atoms with Crippen LogP contribution in [-0.4, -0.2) is 0 Å². The van der Waals surface area contributed by atoms with E-state index < -0.39 is 0 Å². The fourth-order valence-electron chi connectivity index (χ4n) is 10.1. The minimum atomic E-state index is -0.114. The van der Waals surface area contributed by atoms with Crippen LogP contribution in [0.1, 0.15) is 86.1 Å². The van der Waals surface area contributed by atoms with Crippen LogP contribution in [0.4, 0.5) is 17.1 Å². The molecule has 0 aliphatic heterocycles. The van der Waals surface area contributed by atoms with Gasteiger partial charge in [0, 0.05) is 33.3 Å². The van der Waals surface area contributed by atoms with Crippen molar-refractivity contribution in [2.45, 2.75) is 57.8 Å². The summed E-state index contributed by atoms with van der Waals surface area (Å²) >= 11 is 0. The second-order valence-electron chi connectivity index (χ2n) is 17.4. The Labute approximate surface area is 332 Å². The second kappa shape index (κ2) is 12.4. The molecule has 272 valence electrons. The summed E-state index contributed by atoms with van der Waals surface area (Å²) in [5.41, 5.74) is 22.5. The van der Waals surface area contributed by atoms with Crippen LogP contribution in [0.2, 0.25) is 0 Å². The Balaban J connectivity index is 0.922. The summed E-state index contributed by atoms with van der Waals surface area (Å²) in [7, 11) is 0. The molecule has 0 radical (unpaired) electrons. The number of hydrogen-bond donors (Lipinski definition) is 0. The first-order chi connectivity index (χ1) is 27.0. The van der Waals surface area contributed by atoms with Crippen molar-refractivity contribution < 1.29 is 0 Å². The monoisotopic (exact) mass is 721 g/mol. The molecule has 0 saturated heterocycles. The second-order valence-corrected chi connectivity index (χ2v) is 17.4. The molecule has 1 heteroatoms. The van der Waals surface area contributed by atoms with Gasteiger partial charge in [0.1, 0.15) is 0 Å². The van der Waals surface area contributed by atoms with Gasteiger partial charge >= 0.3 is 0 Å². The standard InChI is InChI=1S/C55H47N/c1-53(2)48-33-37(22-21-36-23-28-42(29-24-36)56(40-15-9-7-10-16-40)41-17-11-8-12-18-41)25-30-43(48)44-31-26-38(34-49(44)53)39-27-32-46-50(35-39)55(5,6)51-45-19-13-14-20-47(45)54(3,4)52(46)51/h7-35H,1-6H3/b22-21+. The Bertz CT molecular complexity index is 2700. The van der Waals surface area contributed by atoms with Crippen molar-refractivity contribution in [2.75, 3.05) is 4.90 Å². The van der Waals surface area contributed by atoms with E-state index in [0.29, 0.717) is 0 Å². The van der Waals surface area contributed by atoms with Gasteiger partial charge in [-0.25, -0.2) is 0 Å². The van der Waals surface area contributed by atoms with Crippen LogP contribution in [0.25, 0.3) is 45.6 Å². The molecule has 0 atom stereocenters. The molecule has 0 heterocycles. The summed E-state index contributed by atoms with van der Waals surface area (Å²) in [5.74, 6) is 0. The van der Waals surface area contributed by atoms with Gasteiger partial charge in [-0.15, -0.1) is 0 Å². The summed E-state index contributed by atoms with van der Waals surface area (Å²) in [6, 6.07) is 60.4. The molecule has 0 fully saturated rings. The average Bonchev–Trinajstić information content (AvgIpc) is 3.72. The third-order valence-electron chi connectivity index (χ3n) is 13.0. The number of rotatable bonds is 6. The lowest BCUT2D eigenvalue weighted by molar-refractivity contribution is 0.660. The molecule has 0 aromatic heterocycles. The third kappa shape index (κ3) is 5.14. The summed E-state index contributed by atoms with van der Waals surface area (Å²) in [6.07, 6.45) is 4.48. The van der Waals surface area contributed by atoms with Crippen molar-refractivity contribution in [1.82, 2.24) is 0 Å². The SMILES string of the molecule is CC1(C)C2=C(c3ccccc31)C(C)(C)c1cc(-c3ccc4c(c3)C(C)(C)c3cc(/C=C/c5ccc(N(c6ccccc6)c6ccccc6)cc5)ccc3-4)ccc12. The Morgan fingerprint density at radius 1 is 0.339 bits per heavy atom. The lowest BCUT2D eigenvalue weighted by Gasteiger charge is -2.28. The zero-order valence-electron chi connectivity index (χ0n) is 33.2. The quantitative estimate of drug-likeness (QED) is 0.155. The summed E-state index contributed by atoms with van der Waals surface area (Å²) in [5, 5.41) is 0. The van der Waals surface area contributed by atoms with Crippen molar-refractivity contribution >= 4 is 40.4 Å². The van der Waals surface area contributed by atoms with Gasteiger partial charge in [0.2, 0.25) is 0 Å². The number of para-hydroxylation sites is 2. The van der Waals surface area contributed by atoms with Crippen LogP contribution in [-0.2, 0) is 16.2 Å². The molecule has 1 nitrogen and oxygen atoms in total. The van der Waals surface area contributed by atoms with E-state index in [1.54, 1.807) is 0 Å². The van der Waals surface area contributed by atoms with E-state index in [4.69, 9.17) is 0 Å². The fourth-order valence-corrected chi connectivity index (χ4v) is 10.1. The Morgan fingerprint density at radius 3 is 1.39 bits per heavy atom. The van der Waals surface area contributed by atoms with Crippen LogP contribution < -0.4 is 4.90 Å². The van der Waals surface area contributed by atoms with E-state index in [1.165, 1.54) is 77.9 Å². The van der Waals surface area contributed by atoms with Crippen molar-refractivity contribution in [3.05, 3.63) is 208 Å². The van der Waals surface area contributed by atoms with Crippen LogP contribution >= 0.6 is 0 Å². The zero-order valence-corrected chi connectivity index (χ0v) is 33.2. The lowest BCUT2D eigenvalue weighted by atomic mass is 9.75. The number of anilines is 3. The van der Waals surface area contributed by atoms with Gasteiger partial charge < -0.3 is 4.90 Å². The topological polar surface area (TPSA) is 3.24 Å². The van der Waals surface area contributed by atoms with Crippen molar-refractivity contribution in [2.24, 2.45) is 0 Å². The van der Waals surface area contributed by atoms with Gasteiger partial charge in [-0.05, 0) is 126 Å². The highest BCUT2D eigenvalue weighted by molar-refractivity contribution is 6.09. The van der Waals surface area contributed by atoms with Crippen molar-refractivity contribution in [1.29, 1.82) is 0 Å². The first kappa shape index (κ1) is 34.3. The number of benzene rings is 7. The molecule has 7 aromatic rings. The molecule has 0 saturated carbocycles. The van der Waals surface area contributed by atoms with Crippen LogP contribution in [0.3, 0.4) is 0 Å². The minimum absolute atomic E-state index is 0.00891. The normalized spacial score (nSPS) is 16.3. The van der Waals surface area contributed by atoms with Gasteiger partial charge in [-0.3, -0.25) is 0 Å². The molecule has 3 aliphatic rings. The largest absolute Gasteiger partial charge is 0.311 e. The molecule has 0 unspecified atom stereocenters. The number of allylic oxidation sites excluding steroid dienone is 2. The van der Waals surface area contributed by atoms with Gasteiger partial charge in [0.25, 0.3) is 0 Å². The van der Waals surface area contributed by atoms with Crippen molar-refractivity contribution in [3.63, 3.8) is 0 Å². The fraction of sp³-hybridized carbons (Fsp3) is 0.164. The summed E-state index contributed by atoms with van der Waals surface area (Å²) in [6.45, 7) is 14.4. The highest BCUT2D eigenvalue weighted by atomic mass is 15.1. The van der Waals surface area contributed by atoms with E-state index in [0.717, 1.165) is 17.1 Å². The van der Waals surface area contributed by atoms with E-state index in [2.05, 4.69) is 222 Å². The molecular formula is C55H47N. The first-order valence-corrected chi connectivity index (χ1v) is 20.0. The molecule has 7 aromatic carbocycles. The van der Waals surface area contributed by atoms with Gasteiger partial charge in [-0.1, -0.05) is 169 Å². The Morgan fingerprint density at radius 2 is 0.768 bits per heavy atom. The molecule has 0 spiro atoms. The Hall–Kier alpha value is -6.18. The number of nitrogens with zero attached hydrogens (tertiary/aromatic N) is 1. The lowest BCUT2D eigenvalue weighted by Crippen LogP contribution is -2.19. The zero-order chi connectivity index (χ0) is 38.4. The summed E-state index contributed by atoms with van der Waals surface area (Å²) < 4.78 is 0. The van der Waals surface area contributed by atoms with E-state index in [-0.39, 0.29) is 16.2 Å². The molecular weight excluding hydrogens is 675 g/mol. The molecule has 0 N–H and O–H groups in total. The van der Waals surface area contributed by atoms with Gasteiger partial charge in [0.05, 0.1) is 0 Å². The number of fused-ring (bicyclic) bond motifs is 7. The maximum atomic E-state index is 2.49. The highest BCUT2D eigenvalue weighted by Gasteiger charge is 2.49. The van der Waals surface area contributed by atoms with E-state index in [9.17, 15) is 0 Å². The molecule has 3 aliphatic carbocycles. The molecule has 56 heavy (non-hydrogen) atoms. The molecule has 0 amide bonds. The average molecular weight is 722 g/mol. The smallest absolute Gasteiger partial charge is 0.0462 e. The first-order valence-electron chi connectivity index (χ1n) is 20.0. The van der Waals surface area contributed by atoms with E-state index >= 15 is 0 Å². The molecule has 10 rings (SSSR count). The van der Waals surface area contributed by atoms with Crippen LogP contribution in [0.5, 0.6) is 0 Å². The van der Waals surface area contributed by atoms with Crippen LogP contribution in [0, 0.1) is 0 Å². The third-order valence-corrected chi connectivity index (χ3v) is 13.0. The van der Waals surface area contributed by atoms with Crippen molar-refractivity contribution in [3.8, 4) is 22.3 Å².